The number of benzene rings is 2. The molecule has 6 heteroatoms. The molecule has 0 saturated heterocycles. The molecule has 0 unspecified atom stereocenters. The summed E-state index contributed by atoms with van der Waals surface area (Å²) in [6.45, 7) is 0. The Balaban J connectivity index is 2.34. The lowest BCUT2D eigenvalue weighted by molar-refractivity contribution is 0.0697. The summed E-state index contributed by atoms with van der Waals surface area (Å²) < 4.78 is 5.12. The van der Waals surface area contributed by atoms with E-state index in [9.17, 15) is 4.79 Å². The molecule has 0 aliphatic heterocycles. The molecular formula is C14H13ClN2O3. The summed E-state index contributed by atoms with van der Waals surface area (Å²) in [5, 5.41) is 12.5. The van der Waals surface area contributed by atoms with Crippen molar-refractivity contribution >= 4 is 34.6 Å². The zero-order valence-electron chi connectivity index (χ0n) is 10.7. The van der Waals surface area contributed by atoms with E-state index in [1.165, 1.54) is 19.2 Å². The highest BCUT2D eigenvalue weighted by Crippen LogP contribution is 2.30. The van der Waals surface area contributed by atoms with Crippen LogP contribution in [0.3, 0.4) is 0 Å². The first-order valence-corrected chi connectivity index (χ1v) is 6.12. The number of carboxylic acid groups (broad SMARTS) is 1. The third kappa shape index (κ3) is 2.95. The van der Waals surface area contributed by atoms with E-state index >= 15 is 0 Å². The van der Waals surface area contributed by atoms with Gasteiger partial charge in [0.1, 0.15) is 5.75 Å². The monoisotopic (exact) mass is 292 g/mol. The predicted molar refractivity (Wildman–Crippen MR) is 79.1 cm³/mol. The number of halogens is 1. The number of hydrogen-bond acceptors (Lipinski definition) is 4. The standard InChI is InChI=1S/C14H13ClN2O3/c1-20-13-7-9(3-4-10(13)15)17-12-6-8(14(18)19)2-5-11(12)16/h2-7,17H,16H2,1H3,(H,18,19). The van der Waals surface area contributed by atoms with E-state index in [2.05, 4.69) is 5.32 Å². The van der Waals surface area contributed by atoms with Crippen molar-refractivity contribution in [3.8, 4) is 5.75 Å². The molecule has 2 rings (SSSR count). The van der Waals surface area contributed by atoms with E-state index in [4.69, 9.17) is 27.2 Å². The molecule has 4 N–H and O–H groups in total. The van der Waals surface area contributed by atoms with Gasteiger partial charge >= 0.3 is 5.97 Å². The summed E-state index contributed by atoms with van der Waals surface area (Å²) >= 11 is 5.94. The number of carboxylic acids is 1. The van der Waals surface area contributed by atoms with E-state index in [0.29, 0.717) is 27.8 Å². The van der Waals surface area contributed by atoms with Gasteiger partial charge in [-0.1, -0.05) is 11.6 Å². The van der Waals surface area contributed by atoms with Crippen molar-refractivity contribution < 1.29 is 14.6 Å². The number of nitrogens with one attached hydrogen (secondary N) is 1. The molecule has 20 heavy (non-hydrogen) atoms. The molecule has 0 aliphatic carbocycles. The number of anilines is 3. The molecule has 0 bridgehead atoms. The lowest BCUT2D eigenvalue weighted by Gasteiger charge is -2.12. The van der Waals surface area contributed by atoms with Gasteiger partial charge in [-0.3, -0.25) is 0 Å². The summed E-state index contributed by atoms with van der Waals surface area (Å²) in [5.41, 5.74) is 7.63. The average Bonchev–Trinajstić information content (AvgIpc) is 2.43. The number of carbonyl (C=O) groups is 1. The second kappa shape index (κ2) is 5.71. The summed E-state index contributed by atoms with van der Waals surface area (Å²) in [6, 6.07) is 9.59. The molecule has 0 heterocycles. The maximum Gasteiger partial charge on any atom is 0.335 e. The van der Waals surface area contributed by atoms with E-state index in [1.807, 2.05) is 0 Å². The quantitative estimate of drug-likeness (QED) is 0.752. The van der Waals surface area contributed by atoms with Crippen LogP contribution >= 0.6 is 11.6 Å². The number of hydrogen-bond donors (Lipinski definition) is 3. The zero-order valence-corrected chi connectivity index (χ0v) is 11.4. The van der Waals surface area contributed by atoms with Gasteiger partial charge in [0.25, 0.3) is 0 Å². The maximum atomic E-state index is 11.0. The molecule has 0 amide bonds. The normalized spacial score (nSPS) is 10.1. The highest BCUT2D eigenvalue weighted by Gasteiger charge is 2.08. The number of methoxy groups -OCH3 is 1. The van der Waals surface area contributed by atoms with Gasteiger partial charge in [-0.2, -0.15) is 0 Å². The Kier molecular flexibility index (Phi) is 4.00. The van der Waals surface area contributed by atoms with Crippen molar-refractivity contribution in [3.63, 3.8) is 0 Å². The molecule has 0 aromatic heterocycles. The third-order valence-corrected chi connectivity index (χ3v) is 3.04. The molecule has 5 nitrogen and oxygen atoms in total. The highest BCUT2D eigenvalue weighted by atomic mass is 35.5. The SMILES string of the molecule is COc1cc(Nc2cc(C(=O)O)ccc2N)ccc1Cl. The van der Waals surface area contributed by atoms with Crippen molar-refractivity contribution in [2.45, 2.75) is 0 Å². The molecule has 2 aromatic carbocycles. The summed E-state index contributed by atoms with van der Waals surface area (Å²) in [7, 11) is 1.52. The van der Waals surface area contributed by atoms with Crippen LogP contribution in [0.5, 0.6) is 5.75 Å². The molecule has 104 valence electrons. The van der Waals surface area contributed by atoms with Crippen LogP contribution in [-0.4, -0.2) is 18.2 Å². The third-order valence-electron chi connectivity index (χ3n) is 2.73. The van der Waals surface area contributed by atoms with E-state index in [0.717, 1.165) is 0 Å². The minimum absolute atomic E-state index is 0.155. The van der Waals surface area contributed by atoms with Crippen LogP contribution in [0.4, 0.5) is 17.1 Å². The number of nitrogen functional groups attached to an aromatic ring is 1. The topological polar surface area (TPSA) is 84.6 Å². The Morgan fingerprint density at radius 2 is 2.05 bits per heavy atom. The lowest BCUT2D eigenvalue weighted by atomic mass is 10.1. The van der Waals surface area contributed by atoms with Crippen LogP contribution in [0.15, 0.2) is 36.4 Å². The Bertz CT molecular complexity index is 659. The number of ether oxygens (including phenoxy) is 1. The van der Waals surface area contributed by atoms with Crippen LogP contribution in [0.1, 0.15) is 10.4 Å². The molecule has 2 aromatic rings. The molecular weight excluding hydrogens is 280 g/mol. The first kappa shape index (κ1) is 14.0. The number of rotatable bonds is 4. The fourth-order valence-corrected chi connectivity index (χ4v) is 1.89. The largest absolute Gasteiger partial charge is 0.495 e. The van der Waals surface area contributed by atoms with Gasteiger partial charge < -0.3 is 20.9 Å². The van der Waals surface area contributed by atoms with Crippen LogP contribution in [0, 0.1) is 0 Å². The lowest BCUT2D eigenvalue weighted by Crippen LogP contribution is -2.01. The van der Waals surface area contributed by atoms with E-state index in [1.54, 1.807) is 24.3 Å². The molecule has 0 atom stereocenters. The second-order valence-electron chi connectivity index (χ2n) is 4.08. The van der Waals surface area contributed by atoms with Crippen LogP contribution < -0.4 is 15.8 Å². The maximum absolute atomic E-state index is 11.0. The molecule has 0 radical (unpaired) electrons. The van der Waals surface area contributed by atoms with Gasteiger partial charge in [-0.05, 0) is 30.3 Å². The first-order chi connectivity index (χ1) is 9.51. The summed E-state index contributed by atoms with van der Waals surface area (Å²) in [5.74, 6) is -0.494. The fraction of sp³-hybridized carbons (Fsp3) is 0.0714. The Labute approximate surface area is 120 Å². The first-order valence-electron chi connectivity index (χ1n) is 5.74. The molecule has 0 saturated carbocycles. The second-order valence-corrected chi connectivity index (χ2v) is 4.49. The van der Waals surface area contributed by atoms with Crippen LogP contribution in [0.25, 0.3) is 0 Å². The summed E-state index contributed by atoms with van der Waals surface area (Å²) in [4.78, 5) is 11.0. The Morgan fingerprint density at radius 3 is 2.70 bits per heavy atom. The van der Waals surface area contributed by atoms with Crippen molar-refractivity contribution in [2.75, 3.05) is 18.2 Å². The van der Waals surface area contributed by atoms with Gasteiger partial charge in [0.15, 0.2) is 0 Å². The van der Waals surface area contributed by atoms with Gasteiger partial charge in [0.2, 0.25) is 0 Å². The van der Waals surface area contributed by atoms with Crippen molar-refractivity contribution in [3.05, 3.63) is 47.0 Å². The molecule has 0 spiro atoms. The smallest absolute Gasteiger partial charge is 0.335 e. The number of nitrogens with two attached hydrogens (primary N) is 1. The average molecular weight is 293 g/mol. The van der Waals surface area contributed by atoms with Crippen molar-refractivity contribution in [1.29, 1.82) is 0 Å². The van der Waals surface area contributed by atoms with Gasteiger partial charge in [-0.15, -0.1) is 0 Å². The Morgan fingerprint density at radius 1 is 1.30 bits per heavy atom. The highest BCUT2D eigenvalue weighted by molar-refractivity contribution is 6.32. The van der Waals surface area contributed by atoms with Crippen LogP contribution in [-0.2, 0) is 0 Å². The predicted octanol–water partition coefficient (Wildman–Crippen LogP) is 3.37. The van der Waals surface area contributed by atoms with Gasteiger partial charge in [-0.25, -0.2) is 4.79 Å². The van der Waals surface area contributed by atoms with Crippen LogP contribution in [0.2, 0.25) is 5.02 Å². The van der Waals surface area contributed by atoms with Gasteiger partial charge in [0, 0.05) is 11.8 Å². The van der Waals surface area contributed by atoms with Crippen molar-refractivity contribution in [2.24, 2.45) is 0 Å². The van der Waals surface area contributed by atoms with E-state index < -0.39 is 5.97 Å². The Hall–Kier alpha value is -2.40. The summed E-state index contributed by atoms with van der Waals surface area (Å²) in [6.07, 6.45) is 0. The van der Waals surface area contributed by atoms with E-state index in [-0.39, 0.29) is 5.56 Å². The zero-order chi connectivity index (χ0) is 14.7. The number of aromatic carboxylic acids is 1. The molecule has 0 aliphatic rings. The molecule has 0 fully saturated rings. The fourth-order valence-electron chi connectivity index (χ4n) is 1.69. The van der Waals surface area contributed by atoms with Gasteiger partial charge in [0.05, 0.1) is 29.1 Å². The minimum Gasteiger partial charge on any atom is -0.495 e. The van der Waals surface area contributed by atoms with Crippen molar-refractivity contribution in [1.82, 2.24) is 0 Å². The minimum atomic E-state index is -1.01.